The lowest BCUT2D eigenvalue weighted by Crippen LogP contribution is -2.13. The van der Waals surface area contributed by atoms with Gasteiger partial charge in [0.15, 0.2) is 5.06 Å². The third-order valence-corrected chi connectivity index (χ3v) is 6.19. The number of thiophene rings is 1. The quantitative estimate of drug-likeness (QED) is 0.714. The first-order chi connectivity index (χ1) is 12.5. The first-order valence-electron chi connectivity index (χ1n) is 7.80. The molecule has 1 aliphatic carbocycles. The van der Waals surface area contributed by atoms with Crippen molar-refractivity contribution in [3.05, 3.63) is 45.7 Å². The number of aromatic nitrogens is 2. The van der Waals surface area contributed by atoms with Crippen molar-refractivity contribution in [3.8, 4) is 21.3 Å². The largest absolute Gasteiger partial charge is 0.444 e. The van der Waals surface area contributed by atoms with Crippen molar-refractivity contribution in [2.45, 2.75) is 19.8 Å². The number of carbonyl (C=O) groups excluding carboxylic acids is 2. The lowest BCUT2D eigenvalue weighted by molar-refractivity contribution is 0.0990. The van der Waals surface area contributed by atoms with Crippen LogP contribution in [0.2, 0.25) is 0 Å². The normalized spacial score (nSPS) is 12.3. The molecule has 26 heavy (non-hydrogen) atoms. The van der Waals surface area contributed by atoms with Gasteiger partial charge in [0.1, 0.15) is 11.4 Å². The minimum absolute atomic E-state index is 0.172. The Bertz CT molecular complexity index is 1050. The minimum atomic E-state index is -0.599. The van der Waals surface area contributed by atoms with Crippen LogP contribution in [0.3, 0.4) is 0 Å². The molecule has 3 heterocycles. The highest BCUT2D eigenvalue weighted by Crippen LogP contribution is 2.50. The Morgan fingerprint density at radius 1 is 1.19 bits per heavy atom. The van der Waals surface area contributed by atoms with Crippen molar-refractivity contribution in [3.63, 3.8) is 0 Å². The molecule has 4 rings (SSSR count). The van der Waals surface area contributed by atoms with Gasteiger partial charge in [0.2, 0.25) is 0 Å². The number of aryl methyl sites for hydroxylation is 2. The molecule has 3 aromatic heterocycles. The lowest BCUT2D eigenvalue weighted by atomic mass is 9.93. The minimum Gasteiger partial charge on any atom is -0.444 e. The fourth-order valence-corrected chi connectivity index (χ4v) is 4.98. The zero-order valence-electron chi connectivity index (χ0n) is 13.7. The van der Waals surface area contributed by atoms with Gasteiger partial charge in [-0.2, -0.15) is 0 Å². The number of pyridine rings is 1. The van der Waals surface area contributed by atoms with Crippen molar-refractivity contribution in [1.29, 1.82) is 0 Å². The summed E-state index contributed by atoms with van der Waals surface area (Å²) in [7, 11) is 0. The van der Waals surface area contributed by atoms with Crippen LogP contribution < -0.4 is 16.2 Å². The predicted molar refractivity (Wildman–Crippen MR) is 98.9 cm³/mol. The van der Waals surface area contributed by atoms with E-state index in [0.29, 0.717) is 21.4 Å². The lowest BCUT2D eigenvalue weighted by Gasteiger charge is -2.14. The van der Waals surface area contributed by atoms with Crippen molar-refractivity contribution in [2.75, 3.05) is 0 Å². The van der Waals surface area contributed by atoms with E-state index in [2.05, 4.69) is 9.36 Å². The van der Waals surface area contributed by atoms with Crippen LogP contribution in [0, 0.1) is 6.92 Å². The van der Waals surface area contributed by atoms with Gasteiger partial charge < -0.3 is 16.2 Å². The monoisotopic (exact) mass is 386 g/mol. The van der Waals surface area contributed by atoms with Crippen molar-refractivity contribution in [2.24, 2.45) is 11.5 Å². The van der Waals surface area contributed by atoms with Crippen LogP contribution >= 0.6 is 22.9 Å². The van der Waals surface area contributed by atoms with E-state index in [1.807, 2.05) is 6.20 Å². The fourth-order valence-electron chi connectivity index (χ4n) is 2.98. The highest BCUT2D eigenvalue weighted by Gasteiger charge is 2.30. The molecule has 4 N–H and O–H groups in total. The number of fused-ring (bicyclic) bond motifs is 3. The van der Waals surface area contributed by atoms with Gasteiger partial charge in [0.25, 0.3) is 11.8 Å². The number of amides is 2. The number of nitrogens with zero attached hydrogens (tertiary/aromatic N) is 2. The van der Waals surface area contributed by atoms with Crippen LogP contribution in [0.5, 0.6) is 10.8 Å². The van der Waals surface area contributed by atoms with Gasteiger partial charge in [-0.25, -0.2) is 9.36 Å². The second-order valence-corrected chi connectivity index (χ2v) is 7.65. The highest BCUT2D eigenvalue weighted by atomic mass is 32.1. The molecule has 9 heteroatoms. The van der Waals surface area contributed by atoms with Gasteiger partial charge >= 0.3 is 0 Å². The van der Waals surface area contributed by atoms with Gasteiger partial charge in [-0.1, -0.05) is 11.3 Å². The van der Waals surface area contributed by atoms with E-state index in [1.165, 1.54) is 28.9 Å². The maximum absolute atomic E-state index is 11.9. The van der Waals surface area contributed by atoms with E-state index in [1.54, 1.807) is 13.0 Å². The summed E-state index contributed by atoms with van der Waals surface area (Å²) < 4.78 is 10.3. The standard InChI is InChI=1S/C17H14N4O3S2/c1-7-11(5-4-10(21-7)15(18)22)24-17-12-9(14(25-17)16(19)23)3-2-8-6-20-26-13(8)12/h4-6H,2-3H2,1H3,(H2,18,22)(H2,19,23). The number of nitrogens with two attached hydrogens (primary N) is 2. The average Bonchev–Trinajstić information content (AvgIpc) is 3.20. The Labute approximate surface area is 156 Å². The molecule has 7 nitrogen and oxygen atoms in total. The number of hydrogen-bond donors (Lipinski definition) is 2. The maximum Gasteiger partial charge on any atom is 0.267 e. The molecule has 0 aromatic carbocycles. The van der Waals surface area contributed by atoms with Gasteiger partial charge in [0.05, 0.1) is 21.0 Å². The van der Waals surface area contributed by atoms with Crippen molar-refractivity contribution in [1.82, 2.24) is 9.36 Å². The Hall–Kier alpha value is -2.78. The SMILES string of the molecule is Cc1nc(C(N)=O)ccc1Oc1sc(C(N)=O)c2c1-c1sncc1CC2. The Morgan fingerprint density at radius 3 is 2.69 bits per heavy atom. The van der Waals surface area contributed by atoms with E-state index in [4.69, 9.17) is 16.2 Å². The van der Waals surface area contributed by atoms with E-state index < -0.39 is 11.8 Å². The summed E-state index contributed by atoms with van der Waals surface area (Å²) in [4.78, 5) is 28.8. The van der Waals surface area contributed by atoms with Crippen LogP contribution in [-0.4, -0.2) is 21.2 Å². The zero-order chi connectivity index (χ0) is 18.4. The van der Waals surface area contributed by atoms with Crippen LogP contribution in [0.4, 0.5) is 0 Å². The van der Waals surface area contributed by atoms with E-state index >= 15 is 0 Å². The number of ether oxygens (including phenoxy) is 1. The molecule has 0 atom stereocenters. The zero-order valence-corrected chi connectivity index (χ0v) is 15.4. The van der Waals surface area contributed by atoms with Crippen LogP contribution in [0.25, 0.3) is 10.4 Å². The van der Waals surface area contributed by atoms with E-state index in [-0.39, 0.29) is 5.69 Å². The Morgan fingerprint density at radius 2 is 2.00 bits per heavy atom. The maximum atomic E-state index is 11.9. The van der Waals surface area contributed by atoms with Crippen molar-refractivity contribution >= 4 is 34.7 Å². The number of rotatable bonds is 4. The highest BCUT2D eigenvalue weighted by molar-refractivity contribution is 7.17. The van der Waals surface area contributed by atoms with Crippen molar-refractivity contribution < 1.29 is 14.3 Å². The van der Waals surface area contributed by atoms with Crippen LogP contribution in [-0.2, 0) is 12.8 Å². The number of primary amides is 2. The average molecular weight is 386 g/mol. The summed E-state index contributed by atoms with van der Waals surface area (Å²) in [6.07, 6.45) is 3.39. The molecule has 132 valence electrons. The summed E-state index contributed by atoms with van der Waals surface area (Å²) >= 11 is 2.60. The number of carbonyl (C=O) groups is 2. The molecule has 0 fully saturated rings. The van der Waals surface area contributed by atoms with Gasteiger partial charge in [-0.05, 0) is 54.6 Å². The van der Waals surface area contributed by atoms with E-state index in [9.17, 15) is 9.59 Å². The summed E-state index contributed by atoms with van der Waals surface area (Å²) in [5.74, 6) is -0.571. The van der Waals surface area contributed by atoms with Gasteiger partial charge in [0, 0.05) is 6.20 Å². The molecule has 3 aromatic rings. The first kappa shape index (κ1) is 16.7. The second kappa shape index (κ2) is 6.19. The molecule has 1 aliphatic rings. The predicted octanol–water partition coefficient (Wildman–Crippen LogP) is 2.66. The summed E-state index contributed by atoms with van der Waals surface area (Å²) in [5.41, 5.74) is 14.5. The van der Waals surface area contributed by atoms with Gasteiger partial charge in [-0.15, -0.1) is 0 Å². The smallest absolute Gasteiger partial charge is 0.267 e. The molecule has 0 spiro atoms. The molecule has 0 saturated heterocycles. The first-order valence-corrected chi connectivity index (χ1v) is 9.39. The summed E-state index contributed by atoms with van der Waals surface area (Å²) in [6, 6.07) is 3.16. The molecule has 0 radical (unpaired) electrons. The molecular formula is C17H14N4O3S2. The Kier molecular flexibility index (Phi) is 3.97. The summed E-state index contributed by atoms with van der Waals surface area (Å²) in [6.45, 7) is 1.73. The van der Waals surface area contributed by atoms with Crippen LogP contribution in [0.1, 0.15) is 37.0 Å². The Balaban J connectivity index is 1.81. The van der Waals surface area contributed by atoms with E-state index in [0.717, 1.165) is 34.4 Å². The molecule has 0 unspecified atom stereocenters. The van der Waals surface area contributed by atoms with Crippen LogP contribution in [0.15, 0.2) is 18.3 Å². The summed E-state index contributed by atoms with van der Waals surface area (Å²) in [5, 5.41) is 0.579. The molecule has 2 amide bonds. The molecule has 0 aliphatic heterocycles. The molecule has 0 saturated carbocycles. The molecular weight excluding hydrogens is 372 g/mol. The van der Waals surface area contributed by atoms with Gasteiger partial charge in [-0.3, -0.25) is 9.59 Å². The third-order valence-electron chi connectivity index (χ3n) is 4.21. The molecule has 0 bridgehead atoms. The fraction of sp³-hybridized carbons (Fsp3) is 0.176. The topological polar surface area (TPSA) is 121 Å². The second-order valence-electron chi connectivity index (χ2n) is 5.86. The third kappa shape index (κ3) is 2.65. The number of hydrogen-bond acceptors (Lipinski definition) is 7.